The first kappa shape index (κ1) is 12.6. The molecule has 0 heterocycles. The van der Waals surface area contributed by atoms with Crippen LogP contribution in [-0.4, -0.2) is 17.5 Å². The largest absolute Gasteiger partial charge is 0.329 e. The van der Waals surface area contributed by atoms with Crippen LogP contribution in [0.15, 0.2) is 24.3 Å². The maximum absolute atomic E-state index is 10.4. The van der Waals surface area contributed by atoms with Crippen molar-refractivity contribution in [1.82, 2.24) is 0 Å². The van der Waals surface area contributed by atoms with E-state index < -0.39 is 4.92 Å². The molecule has 0 spiro atoms. The van der Waals surface area contributed by atoms with Gasteiger partial charge in [-0.05, 0) is 24.8 Å². The molecule has 4 N–H and O–H groups in total. The molecule has 88 valence electrons. The molecule has 16 heavy (non-hydrogen) atoms. The van der Waals surface area contributed by atoms with Gasteiger partial charge in [0.05, 0.1) is 4.92 Å². The average molecular weight is 223 g/mol. The molecule has 0 saturated carbocycles. The van der Waals surface area contributed by atoms with Gasteiger partial charge in [-0.2, -0.15) is 0 Å². The van der Waals surface area contributed by atoms with Gasteiger partial charge in [-0.3, -0.25) is 10.1 Å². The van der Waals surface area contributed by atoms with Crippen molar-refractivity contribution in [3.8, 4) is 0 Å². The fraction of sp³-hybridized carbons (Fsp3) is 0.455. The summed E-state index contributed by atoms with van der Waals surface area (Å²) < 4.78 is 0. The SMILES string of the molecule is NCC(N)CCCc1ccc([N+](=O)[O-])cc1. The fourth-order valence-corrected chi connectivity index (χ4v) is 1.47. The van der Waals surface area contributed by atoms with Gasteiger partial charge in [0.15, 0.2) is 0 Å². The summed E-state index contributed by atoms with van der Waals surface area (Å²) >= 11 is 0. The van der Waals surface area contributed by atoms with E-state index in [1.54, 1.807) is 12.1 Å². The molecule has 1 unspecified atom stereocenters. The average Bonchev–Trinajstić information content (AvgIpc) is 2.29. The summed E-state index contributed by atoms with van der Waals surface area (Å²) in [6.07, 6.45) is 2.72. The van der Waals surface area contributed by atoms with Crippen molar-refractivity contribution < 1.29 is 4.92 Å². The molecule has 0 amide bonds. The van der Waals surface area contributed by atoms with Gasteiger partial charge in [0.1, 0.15) is 0 Å². The van der Waals surface area contributed by atoms with E-state index in [0.717, 1.165) is 24.8 Å². The molecular weight excluding hydrogens is 206 g/mol. The Labute approximate surface area is 94.6 Å². The second kappa shape index (κ2) is 6.19. The molecule has 5 nitrogen and oxygen atoms in total. The van der Waals surface area contributed by atoms with E-state index in [-0.39, 0.29) is 11.7 Å². The highest BCUT2D eigenvalue weighted by Crippen LogP contribution is 2.13. The number of benzene rings is 1. The number of hydrogen-bond donors (Lipinski definition) is 2. The van der Waals surface area contributed by atoms with E-state index in [1.165, 1.54) is 12.1 Å². The molecule has 0 saturated heterocycles. The summed E-state index contributed by atoms with van der Waals surface area (Å²) in [5, 5.41) is 10.4. The summed E-state index contributed by atoms with van der Waals surface area (Å²) in [7, 11) is 0. The first-order chi connectivity index (χ1) is 7.63. The summed E-state index contributed by atoms with van der Waals surface area (Å²) in [5.74, 6) is 0. The molecule has 0 aliphatic heterocycles. The highest BCUT2D eigenvalue weighted by atomic mass is 16.6. The number of non-ortho nitro benzene ring substituents is 1. The Morgan fingerprint density at radius 3 is 2.44 bits per heavy atom. The lowest BCUT2D eigenvalue weighted by Gasteiger charge is -2.07. The van der Waals surface area contributed by atoms with E-state index in [0.29, 0.717) is 6.54 Å². The molecule has 1 rings (SSSR count). The van der Waals surface area contributed by atoms with Crippen molar-refractivity contribution in [2.75, 3.05) is 6.54 Å². The minimum atomic E-state index is -0.395. The zero-order valence-corrected chi connectivity index (χ0v) is 9.13. The summed E-state index contributed by atoms with van der Waals surface area (Å²) in [6.45, 7) is 0.500. The molecule has 0 aromatic heterocycles. The third kappa shape index (κ3) is 3.96. The van der Waals surface area contributed by atoms with E-state index in [1.807, 2.05) is 0 Å². The zero-order valence-electron chi connectivity index (χ0n) is 9.13. The van der Waals surface area contributed by atoms with Crippen LogP contribution in [-0.2, 0) is 6.42 Å². The van der Waals surface area contributed by atoms with E-state index in [4.69, 9.17) is 11.5 Å². The number of aryl methyl sites for hydroxylation is 1. The van der Waals surface area contributed by atoms with Crippen LogP contribution < -0.4 is 11.5 Å². The van der Waals surface area contributed by atoms with E-state index in [9.17, 15) is 10.1 Å². The minimum Gasteiger partial charge on any atom is -0.329 e. The number of nitro groups is 1. The van der Waals surface area contributed by atoms with Crippen molar-refractivity contribution >= 4 is 5.69 Å². The van der Waals surface area contributed by atoms with Gasteiger partial charge < -0.3 is 11.5 Å². The third-order valence-corrected chi connectivity index (χ3v) is 2.49. The van der Waals surface area contributed by atoms with Gasteiger partial charge in [-0.25, -0.2) is 0 Å². The Kier molecular flexibility index (Phi) is 4.88. The zero-order chi connectivity index (χ0) is 12.0. The maximum atomic E-state index is 10.4. The van der Waals surface area contributed by atoms with Crippen molar-refractivity contribution in [3.63, 3.8) is 0 Å². The molecule has 0 fully saturated rings. The van der Waals surface area contributed by atoms with Crippen LogP contribution in [0.5, 0.6) is 0 Å². The Morgan fingerprint density at radius 2 is 1.94 bits per heavy atom. The summed E-state index contributed by atoms with van der Waals surface area (Å²) in [4.78, 5) is 10.0. The minimum absolute atomic E-state index is 0.0537. The Morgan fingerprint density at radius 1 is 1.31 bits per heavy atom. The second-order valence-electron chi connectivity index (χ2n) is 3.81. The van der Waals surface area contributed by atoms with Crippen LogP contribution in [0.4, 0.5) is 5.69 Å². The van der Waals surface area contributed by atoms with Gasteiger partial charge in [0.2, 0.25) is 0 Å². The van der Waals surface area contributed by atoms with Gasteiger partial charge in [0.25, 0.3) is 5.69 Å². The molecule has 5 heteroatoms. The maximum Gasteiger partial charge on any atom is 0.269 e. The van der Waals surface area contributed by atoms with Crippen molar-refractivity contribution in [3.05, 3.63) is 39.9 Å². The van der Waals surface area contributed by atoms with Gasteiger partial charge in [0, 0.05) is 24.7 Å². The standard InChI is InChI=1S/C11H17N3O2/c12-8-10(13)3-1-2-9-4-6-11(7-5-9)14(15)16/h4-7,10H,1-3,8,12-13H2. The number of rotatable bonds is 6. The van der Waals surface area contributed by atoms with Crippen LogP contribution in [0.1, 0.15) is 18.4 Å². The number of nitro benzene ring substituents is 1. The van der Waals surface area contributed by atoms with E-state index in [2.05, 4.69) is 0 Å². The number of nitrogens with zero attached hydrogens (tertiary/aromatic N) is 1. The monoisotopic (exact) mass is 223 g/mol. The van der Waals surface area contributed by atoms with Crippen LogP contribution in [0, 0.1) is 10.1 Å². The van der Waals surface area contributed by atoms with Crippen molar-refractivity contribution in [2.24, 2.45) is 11.5 Å². The fourth-order valence-electron chi connectivity index (χ4n) is 1.47. The predicted octanol–water partition coefficient (Wildman–Crippen LogP) is 1.20. The van der Waals surface area contributed by atoms with Crippen LogP contribution in [0.2, 0.25) is 0 Å². The Hall–Kier alpha value is -1.46. The molecule has 1 aromatic rings. The first-order valence-electron chi connectivity index (χ1n) is 5.32. The Bertz CT molecular complexity index is 338. The highest BCUT2D eigenvalue weighted by molar-refractivity contribution is 5.32. The van der Waals surface area contributed by atoms with E-state index >= 15 is 0 Å². The van der Waals surface area contributed by atoms with Crippen LogP contribution >= 0.6 is 0 Å². The molecule has 1 atom stereocenters. The second-order valence-corrected chi connectivity index (χ2v) is 3.81. The normalized spacial score (nSPS) is 12.4. The predicted molar refractivity (Wildman–Crippen MR) is 63.1 cm³/mol. The molecule has 0 bridgehead atoms. The van der Waals surface area contributed by atoms with Gasteiger partial charge in [-0.1, -0.05) is 12.1 Å². The smallest absolute Gasteiger partial charge is 0.269 e. The summed E-state index contributed by atoms with van der Waals surface area (Å²) in [5.41, 5.74) is 12.3. The van der Waals surface area contributed by atoms with Gasteiger partial charge in [-0.15, -0.1) is 0 Å². The molecule has 0 aliphatic carbocycles. The number of hydrogen-bond acceptors (Lipinski definition) is 4. The Balaban J connectivity index is 2.40. The molecule has 0 aliphatic rings. The van der Waals surface area contributed by atoms with Crippen molar-refractivity contribution in [1.29, 1.82) is 0 Å². The lowest BCUT2D eigenvalue weighted by Crippen LogP contribution is -2.29. The third-order valence-electron chi connectivity index (χ3n) is 2.49. The number of nitrogens with two attached hydrogens (primary N) is 2. The topological polar surface area (TPSA) is 95.2 Å². The first-order valence-corrected chi connectivity index (χ1v) is 5.32. The molecule has 1 aromatic carbocycles. The van der Waals surface area contributed by atoms with Crippen LogP contribution in [0.3, 0.4) is 0 Å². The highest BCUT2D eigenvalue weighted by Gasteiger charge is 2.04. The summed E-state index contributed by atoms with van der Waals surface area (Å²) in [6, 6.07) is 6.67. The van der Waals surface area contributed by atoms with Crippen molar-refractivity contribution in [2.45, 2.75) is 25.3 Å². The lowest BCUT2D eigenvalue weighted by atomic mass is 10.0. The lowest BCUT2D eigenvalue weighted by molar-refractivity contribution is -0.384. The van der Waals surface area contributed by atoms with Gasteiger partial charge >= 0.3 is 0 Å². The quantitative estimate of drug-likeness (QED) is 0.559. The molecule has 0 radical (unpaired) electrons. The molecular formula is C11H17N3O2. The van der Waals surface area contributed by atoms with Crippen LogP contribution in [0.25, 0.3) is 0 Å².